The van der Waals surface area contributed by atoms with Gasteiger partial charge >= 0.3 is 0 Å². The first kappa shape index (κ1) is 18.2. The molecule has 1 saturated heterocycles. The molecule has 0 saturated carbocycles. The van der Waals surface area contributed by atoms with Crippen molar-refractivity contribution in [3.05, 3.63) is 53.5 Å². The minimum absolute atomic E-state index is 0.0211. The second-order valence-electron chi connectivity index (χ2n) is 6.66. The van der Waals surface area contributed by atoms with Crippen LogP contribution in [0.5, 0.6) is 0 Å². The summed E-state index contributed by atoms with van der Waals surface area (Å²) in [6, 6.07) is 9.32. The van der Waals surface area contributed by atoms with Crippen molar-refractivity contribution in [1.29, 1.82) is 0 Å². The van der Waals surface area contributed by atoms with Gasteiger partial charge in [0.1, 0.15) is 0 Å². The van der Waals surface area contributed by atoms with E-state index in [1.165, 1.54) is 11.8 Å². The molecule has 0 atom stereocenters. The lowest BCUT2D eigenvalue weighted by atomic mass is 10.1. The van der Waals surface area contributed by atoms with E-state index in [2.05, 4.69) is 10.2 Å². The maximum absolute atomic E-state index is 12.2. The molecule has 138 valence electrons. The van der Waals surface area contributed by atoms with Crippen molar-refractivity contribution in [3.63, 3.8) is 0 Å². The average molecular weight is 355 g/mol. The molecule has 1 aliphatic heterocycles. The lowest BCUT2D eigenvalue weighted by Crippen LogP contribution is -2.49. The van der Waals surface area contributed by atoms with Gasteiger partial charge in [-0.2, -0.15) is 0 Å². The summed E-state index contributed by atoms with van der Waals surface area (Å²) >= 11 is 0. The SMILES string of the molecule is Cc1cccc(NC(=O)CCN2CCN(C(=O)c3ccco3)CC2)c1C. The van der Waals surface area contributed by atoms with Crippen molar-refractivity contribution in [2.45, 2.75) is 20.3 Å². The number of piperazine rings is 1. The van der Waals surface area contributed by atoms with Crippen molar-refractivity contribution in [1.82, 2.24) is 9.80 Å². The van der Waals surface area contributed by atoms with Crippen LogP contribution in [0.25, 0.3) is 0 Å². The third-order valence-corrected chi connectivity index (χ3v) is 4.93. The molecule has 1 aliphatic rings. The first-order valence-corrected chi connectivity index (χ1v) is 8.96. The van der Waals surface area contributed by atoms with Crippen LogP contribution in [0.1, 0.15) is 28.1 Å². The number of anilines is 1. The number of aryl methyl sites for hydroxylation is 1. The number of hydrogen-bond acceptors (Lipinski definition) is 4. The van der Waals surface area contributed by atoms with Crippen molar-refractivity contribution in [3.8, 4) is 0 Å². The summed E-state index contributed by atoms with van der Waals surface area (Å²) in [6.45, 7) is 7.58. The highest BCUT2D eigenvalue weighted by Crippen LogP contribution is 2.18. The van der Waals surface area contributed by atoms with Gasteiger partial charge in [0.25, 0.3) is 5.91 Å². The molecule has 1 fully saturated rings. The standard InChI is InChI=1S/C20H25N3O3/c1-15-5-3-6-17(16(15)2)21-19(24)8-9-22-10-12-23(13-11-22)20(25)18-7-4-14-26-18/h3-7,14H,8-13H2,1-2H3,(H,21,24). The molecule has 0 bridgehead atoms. The van der Waals surface area contributed by atoms with Gasteiger partial charge in [0.05, 0.1) is 6.26 Å². The fourth-order valence-electron chi connectivity index (χ4n) is 3.09. The molecule has 0 unspecified atom stereocenters. The van der Waals surface area contributed by atoms with Gasteiger partial charge in [-0.3, -0.25) is 14.5 Å². The van der Waals surface area contributed by atoms with E-state index in [0.717, 1.165) is 24.3 Å². The van der Waals surface area contributed by atoms with Crippen LogP contribution in [0.4, 0.5) is 5.69 Å². The molecule has 2 amide bonds. The summed E-state index contributed by atoms with van der Waals surface area (Å²) < 4.78 is 5.17. The lowest BCUT2D eigenvalue weighted by Gasteiger charge is -2.34. The number of hydrogen-bond donors (Lipinski definition) is 1. The Morgan fingerprint density at radius 1 is 1.08 bits per heavy atom. The minimum Gasteiger partial charge on any atom is -0.459 e. The normalized spacial score (nSPS) is 15.1. The Kier molecular flexibility index (Phi) is 5.73. The average Bonchev–Trinajstić information content (AvgIpc) is 3.18. The first-order valence-electron chi connectivity index (χ1n) is 8.96. The molecule has 0 radical (unpaired) electrons. The Balaban J connectivity index is 1.43. The number of rotatable bonds is 5. The fourth-order valence-corrected chi connectivity index (χ4v) is 3.09. The van der Waals surface area contributed by atoms with Crippen LogP contribution in [-0.4, -0.2) is 54.3 Å². The van der Waals surface area contributed by atoms with Gasteiger partial charge < -0.3 is 14.6 Å². The number of carbonyl (C=O) groups excluding carboxylic acids is 2. The lowest BCUT2D eigenvalue weighted by molar-refractivity contribution is -0.116. The van der Waals surface area contributed by atoms with E-state index in [-0.39, 0.29) is 11.8 Å². The number of nitrogens with one attached hydrogen (secondary N) is 1. The van der Waals surface area contributed by atoms with Crippen molar-refractivity contribution >= 4 is 17.5 Å². The Labute approximate surface area is 153 Å². The molecule has 6 heteroatoms. The highest BCUT2D eigenvalue weighted by molar-refractivity contribution is 5.92. The van der Waals surface area contributed by atoms with E-state index in [1.54, 1.807) is 17.0 Å². The maximum atomic E-state index is 12.2. The Morgan fingerprint density at radius 2 is 1.85 bits per heavy atom. The number of furan rings is 1. The molecule has 1 aromatic heterocycles. The van der Waals surface area contributed by atoms with E-state index < -0.39 is 0 Å². The topological polar surface area (TPSA) is 65.8 Å². The molecule has 0 aliphatic carbocycles. The van der Waals surface area contributed by atoms with E-state index in [9.17, 15) is 9.59 Å². The Morgan fingerprint density at radius 3 is 2.54 bits per heavy atom. The molecule has 1 N–H and O–H groups in total. The van der Waals surface area contributed by atoms with Gasteiger partial charge in [0.15, 0.2) is 5.76 Å². The van der Waals surface area contributed by atoms with Crippen LogP contribution >= 0.6 is 0 Å². The van der Waals surface area contributed by atoms with Crippen LogP contribution in [0.15, 0.2) is 41.0 Å². The molecule has 6 nitrogen and oxygen atoms in total. The Bertz CT molecular complexity index is 763. The first-order chi connectivity index (χ1) is 12.5. The Hall–Kier alpha value is -2.60. The zero-order chi connectivity index (χ0) is 18.5. The summed E-state index contributed by atoms with van der Waals surface area (Å²) in [5.41, 5.74) is 3.15. The van der Waals surface area contributed by atoms with Crippen LogP contribution < -0.4 is 5.32 Å². The van der Waals surface area contributed by atoms with Crippen molar-refractivity contribution < 1.29 is 14.0 Å². The summed E-state index contributed by atoms with van der Waals surface area (Å²) in [4.78, 5) is 28.5. The van der Waals surface area contributed by atoms with E-state index in [4.69, 9.17) is 4.42 Å². The van der Waals surface area contributed by atoms with Gasteiger partial charge in [-0.25, -0.2) is 0 Å². The van der Waals surface area contributed by atoms with Crippen molar-refractivity contribution in [2.24, 2.45) is 0 Å². The third kappa shape index (κ3) is 4.32. The largest absolute Gasteiger partial charge is 0.459 e. The van der Waals surface area contributed by atoms with E-state index in [1.807, 2.05) is 32.0 Å². The zero-order valence-corrected chi connectivity index (χ0v) is 15.3. The number of amides is 2. The second-order valence-corrected chi connectivity index (χ2v) is 6.66. The third-order valence-electron chi connectivity index (χ3n) is 4.93. The van der Waals surface area contributed by atoms with Crippen molar-refractivity contribution in [2.75, 3.05) is 38.0 Å². The van der Waals surface area contributed by atoms with Crippen LogP contribution in [-0.2, 0) is 4.79 Å². The quantitative estimate of drug-likeness (QED) is 0.896. The summed E-state index contributed by atoms with van der Waals surface area (Å²) in [5.74, 6) is 0.335. The molecule has 2 aromatic rings. The molecule has 2 heterocycles. The van der Waals surface area contributed by atoms with E-state index >= 15 is 0 Å². The molecule has 26 heavy (non-hydrogen) atoms. The molecule has 3 rings (SSSR count). The molecule has 0 spiro atoms. The predicted octanol–water partition coefficient (Wildman–Crippen LogP) is 2.68. The van der Waals surface area contributed by atoms with E-state index in [0.29, 0.717) is 31.8 Å². The van der Waals surface area contributed by atoms with Gasteiger partial charge in [-0.15, -0.1) is 0 Å². The second kappa shape index (κ2) is 8.19. The molecular formula is C20H25N3O3. The van der Waals surface area contributed by atoms with Gasteiger partial charge in [0, 0.05) is 44.8 Å². The van der Waals surface area contributed by atoms with Gasteiger partial charge in [-0.05, 0) is 43.2 Å². The van der Waals surface area contributed by atoms with Gasteiger partial charge in [0.2, 0.25) is 5.91 Å². The monoisotopic (exact) mass is 355 g/mol. The van der Waals surface area contributed by atoms with Gasteiger partial charge in [-0.1, -0.05) is 12.1 Å². The highest BCUT2D eigenvalue weighted by atomic mass is 16.3. The summed E-state index contributed by atoms with van der Waals surface area (Å²) in [7, 11) is 0. The summed E-state index contributed by atoms with van der Waals surface area (Å²) in [6.07, 6.45) is 1.96. The number of nitrogens with zero attached hydrogens (tertiary/aromatic N) is 2. The predicted molar refractivity (Wildman–Crippen MR) is 100 cm³/mol. The van der Waals surface area contributed by atoms with Crippen LogP contribution in [0.2, 0.25) is 0 Å². The van der Waals surface area contributed by atoms with Crippen LogP contribution in [0.3, 0.4) is 0 Å². The minimum atomic E-state index is -0.0673. The smallest absolute Gasteiger partial charge is 0.289 e. The van der Waals surface area contributed by atoms with Crippen LogP contribution in [0, 0.1) is 13.8 Å². The number of carbonyl (C=O) groups is 2. The molecule has 1 aromatic carbocycles. The molecular weight excluding hydrogens is 330 g/mol. The maximum Gasteiger partial charge on any atom is 0.289 e. The summed E-state index contributed by atoms with van der Waals surface area (Å²) in [5, 5.41) is 2.99. The fraction of sp³-hybridized carbons (Fsp3) is 0.400. The number of benzene rings is 1. The zero-order valence-electron chi connectivity index (χ0n) is 15.3. The highest BCUT2D eigenvalue weighted by Gasteiger charge is 2.23.